The molecule has 0 spiro atoms. The van der Waals surface area contributed by atoms with Gasteiger partial charge < -0.3 is 11.1 Å². The predicted octanol–water partition coefficient (Wildman–Crippen LogP) is 3.13. The molecule has 2 aromatic carbocycles. The van der Waals surface area contributed by atoms with Crippen molar-refractivity contribution >= 4 is 11.8 Å². The van der Waals surface area contributed by atoms with Crippen LogP contribution >= 0.6 is 0 Å². The zero-order valence-electron chi connectivity index (χ0n) is 19.7. The van der Waals surface area contributed by atoms with E-state index in [0.29, 0.717) is 24.5 Å². The third kappa shape index (κ3) is 4.98. The van der Waals surface area contributed by atoms with Gasteiger partial charge in [-0.15, -0.1) is 0 Å². The minimum Gasteiger partial charge on any atom is -0.369 e. The van der Waals surface area contributed by atoms with Gasteiger partial charge in [0, 0.05) is 30.9 Å². The van der Waals surface area contributed by atoms with Crippen LogP contribution < -0.4 is 11.1 Å². The number of primary amides is 1. The fourth-order valence-corrected chi connectivity index (χ4v) is 5.24. The van der Waals surface area contributed by atoms with Crippen LogP contribution in [0.4, 0.5) is 4.39 Å². The molecule has 1 aromatic heterocycles. The number of para-hydroxylation sites is 1. The first-order chi connectivity index (χ1) is 17.0. The number of nitrogens with two attached hydrogens (primary N) is 1. The first kappa shape index (κ1) is 23.2. The number of carbonyl (C=O) groups is 2. The van der Waals surface area contributed by atoms with Crippen LogP contribution in [0.25, 0.3) is 5.69 Å². The first-order valence-corrected chi connectivity index (χ1v) is 12.2. The molecular formula is C27H30FN5O2. The molecule has 1 aliphatic heterocycles. The van der Waals surface area contributed by atoms with Gasteiger partial charge in [0.15, 0.2) is 5.69 Å². The molecule has 1 saturated heterocycles. The molecule has 2 amide bonds. The molecule has 182 valence electrons. The molecule has 1 fully saturated rings. The number of hydrogen-bond donors (Lipinski definition) is 2. The predicted molar refractivity (Wildman–Crippen MR) is 130 cm³/mol. The Labute approximate surface area is 204 Å². The average Bonchev–Trinajstić information content (AvgIpc) is 3.47. The molecule has 7 nitrogen and oxygen atoms in total. The summed E-state index contributed by atoms with van der Waals surface area (Å²) in [6, 6.07) is 14.6. The van der Waals surface area contributed by atoms with Crippen molar-refractivity contribution < 1.29 is 14.0 Å². The summed E-state index contributed by atoms with van der Waals surface area (Å²) in [5, 5.41) is 7.51. The van der Waals surface area contributed by atoms with Crippen molar-refractivity contribution in [2.75, 3.05) is 13.1 Å². The Morgan fingerprint density at radius 2 is 1.91 bits per heavy atom. The van der Waals surface area contributed by atoms with Crippen molar-refractivity contribution in [3.8, 4) is 5.69 Å². The van der Waals surface area contributed by atoms with Gasteiger partial charge in [-0.3, -0.25) is 14.5 Å². The molecule has 5 rings (SSSR count). The fraction of sp³-hybridized carbons (Fsp3) is 0.370. The number of nitrogens with zero attached hydrogens (tertiary/aromatic N) is 3. The van der Waals surface area contributed by atoms with E-state index in [0.717, 1.165) is 67.6 Å². The lowest BCUT2D eigenvalue weighted by molar-refractivity contribution is -0.123. The van der Waals surface area contributed by atoms with Crippen LogP contribution in [0, 0.1) is 11.7 Å². The minimum absolute atomic E-state index is 0.0860. The highest BCUT2D eigenvalue weighted by Gasteiger charge is 2.28. The summed E-state index contributed by atoms with van der Waals surface area (Å²) in [7, 11) is 0. The van der Waals surface area contributed by atoms with Gasteiger partial charge in [0.2, 0.25) is 5.91 Å². The van der Waals surface area contributed by atoms with E-state index in [2.05, 4.69) is 27.4 Å². The van der Waals surface area contributed by atoms with Crippen molar-refractivity contribution in [1.82, 2.24) is 20.0 Å². The lowest BCUT2D eigenvalue weighted by Gasteiger charge is -2.31. The molecular weight excluding hydrogens is 445 g/mol. The van der Waals surface area contributed by atoms with Crippen LogP contribution in [0.1, 0.15) is 52.1 Å². The average molecular weight is 476 g/mol. The van der Waals surface area contributed by atoms with Gasteiger partial charge in [0.1, 0.15) is 11.5 Å². The van der Waals surface area contributed by atoms with Crippen LogP contribution in [0.15, 0.2) is 48.5 Å². The number of benzene rings is 2. The normalized spacial score (nSPS) is 17.8. The molecule has 0 radical (unpaired) electrons. The van der Waals surface area contributed by atoms with Gasteiger partial charge in [0.05, 0.1) is 5.92 Å². The molecule has 1 aliphatic carbocycles. The van der Waals surface area contributed by atoms with E-state index in [-0.39, 0.29) is 23.5 Å². The summed E-state index contributed by atoms with van der Waals surface area (Å²) in [6.07, 6.45) is 4.29. The first-order valence-electron chi connectivity index (χ1n) is 12.2. The second kappa shape index (κ2) is 10.00. The molecule has 2 heterocycles. The van der Waals surface area contributed by atoms with E-state index in [1.165, 1.54) is 6.07 Å². The van der Waals surface area contributed by atoms with Gasteiger partial charge >= 0.3 is 0 Å². The maximum atomic E-state index is 14.4. The minimum atomic E-state index is -0.357. The Balaban J connectivity index is 1.26. The number of aromatic nitrogens is 2. The number of halogens is 1. The Morgan fingerprint density at radius 3 is 2.74 bits per heavy atom. The van der Waals surface area contributed by atoms with Crippen LogP contribution in [0.2, 0.25) is 0 Å². The quantitative estimate of drug-likeness (QED) is 0.549. The van der Waals surface area contributed by atoms with E-state index in [1.807, 2.05) is 12.1 Å². The van der Waals surface area contributed by atoms with E-state index in [1.54, 1.807) is 22.9 Å². The number of rotatable bonds is 7. The Morgan fingerprint density at radius 1 is 1.09 bits per heavy atom. The Hall–Kier alpha value is -3.52. The van der Waals surface area contributed by atoms with Crippen LogP contribution in [0.3, 0.4) is 0 Å². The molecule has 1 atom stereocenters. The van der Waals surface area contributed by atoms with Crippen molar-refractivity contribution in [2.24, 2.45) is 11.7 Å². The molecule has 35 heavy (non-hydrogen) atoms. The molecule has 3 aromatic rings. The number of carbonyl (C=O) groups excluding carboxylic acids is 2. The largest absolute Gasteiger partial charge is 0.369 e. The van der Waals surface area contributed by atoms with Gasteiger partial charge in [-0.05, 0) is 61.9 Å². The van der Waals surface area contributed by atoms with E-state index >= 15 is 0 Å². The zero-order valence-corrected chi connectivity index (χ0v) is 19.7. The van der Waals surface area contributed by atoms with Gasteiger partial charge in [-0.1, -0.05) is 36.4 Å². The molecule has 0 bridgehead atoms. The van der Waals surface area contributed by atoms with Crippen molar-refractivity contribution in [1.29, 1.82) is 0 Å². The fourth-order valence-electron chi connectivity index (χ4n) is 5.24. The second-order valence-corrected chi connectivity index (χ2v) is 9.47. The number of amides is 2. The van der Waals surface area contributed by atoms with Crippen molar-refractivity contribution in [2.45, 2.75) is 45.2 Å². The third-order valence-corrected chi connectivity index (χ3v) is 6.98. The summed E-state index contributed by atoms with van der Waals surface area (Å²) in [4.78, 5) is 26.9. The number of piperidine rings is 1. The van der Waals surface area contributed by atoms with Gasteiger partial charge in [-0.25, -0.2) is 9.07 Å². The maximum absolute atomic E-state index is 14.4. The summed E-state index contributed by atoms with van der Waals surface area (Å²) < 4.78 is 16.0. The molecule has 0 saturated carbocycles. The second-order valence-electron chi connectivity index (χ2n) is 9.47. The summed E-state index contributed by atoms with van der Waals surface area (Å²) >= 11 is 0. The summed E-state index contributed by atoms with van der Waals surface area (Å²) in [5.41, 5.74) is 10.2. The SMILES string of the molecule is NC(=O)C1CCCN(Cc2cccc(CNC(=O)c3nn(-c4ccccc4F)c4c3CCC4)c2)C1. The zero-order chi connectivity index (χ0) is 24.4. The Kier molecular flexibility index (Phi) is 6.63. The number of fused-ring (bicyclic) bond motifs is 1. The number of hydrogen-bond acceptors (Lipinski definition) is 4. The van der Waals surface area contributed by atoms with Gasteiger partial charge in [0.25, 0.3) is 5.91 Å². The molecule has 2 aliphatic rings. The van der Waals surface area contributed by atoms with Crippen LogP contribution in [-0.2, 0) is 30.7 Å². The standard InChI is InChI=1S/C27H30FN5O2/c28-22-10-1-2-11-24(22)33-23-12-4-9-21(23)25(31-33)27(35)30-15-18-6-3-7-19(14-18)16-32-13-5-8-20(17-32)26(29)34/h1-3,6-7,10-11,14,20H,4-5,8-9,12-13,15-17H2,(H2,29,34)(H,30,35). The third-order valence-electron chi connectivity index (χ3n) is 6.98. The summed E-state index contributed by atoms with van der Waals surface area (Å²) in [6.45, 7) is 2.75. The summed E-state index contributed by atoms with van der Waals surface area (Å²) in [5.74, 6) is -0.916. The highest BCUT2D eigenvalue weighted by Crippen LogP contribution is 2.28. The smallest absolute Gasteiger partial charge is 0.272 e. The monoisotopic (exact) mass is 475 g/mol. The maximum Gasteiger partial charge on any atom is 0.272 e. The lowest BCUT2D eigenvalue weighted by atomic mass is 9.97. The van der Waals surface area contributed by atoms with E-state index in [4.69, 9.17) is 5.73 Å². The Bertz CT molecular complexity index is 1250. The topological polar surface area (TPSA) is 93.2 Å². The van der Waals surface area contributed by atoms with Crippen molar-refractivity contribution in [3.05, 3.63) is 82.4 Å². The molecule has 3 N–H and O–H groups in total. The van der Waals surface area contributed by atoms with E-state index < -0.39 is 0 Å². The number of likely N-dealkylation sites (tertiary alicyclic amines) is 1. The number of nitrogens with one attached hydrogen (secondary N) is 1. The van der Waals surface area contributed by atoms with Crippen molar-refractivity contribution in [3.63, 3.8) is 0 Å². The molecule has 8 heteroatoms. The highest BCUT2D eigenvalue weighted by atomic mass is 19.1. The molecule has 1 unspecified atom stereocenters. The van der Waals surface area contributed by atoms with Gasteiger partial charge in [-0.2, -0.15) is 5.10 Å². The highest BCUT2D eigenvalue weighted by molar-refractivity contribution is 5.94. The van der Waals surface area contributed by atoms with E-state index in [9.17, 15) is 14.0 Å². The van der Waals surface area contributed by atoms with Crippen LogP contribution in [-0.4, -0.2) is 39.6 Å². The lowest BCUT2D eigenvalue weighted by Crippen LogP contribution is -2.40. The van der Waals surface area contributed by atoms with Crippen LogP contribution in [0.5, 0.6) is 0 Å².